The fourth-order valence-electron chi connectivity index (χ4n) is 3.02. The third-order valence-electron chi connectivity index (χ3n) is 3.75. The van der Waals surface area contributed by atoms with Gasteiger partial charge in [-0.25, -0.2) is 0 Å². The fourth-order valence-corrected chi connectivity index (χ4v) is 3.02. The Bertz CT molecular complexity index is 192. The number of hydrogen-bond donors (Lipinski definition) is 0. The van der Waals surface area contributed by atoms with Crippen molar-refractivity contribution in [1.82, 2.24) is 0 Å². The third-order valence-corrected chi connectivity index (χ3v) is 3.75. The number of fused-ring (bicyclic) bond motifs is 3. The second-order valence-corrected chi connectivity index (χ2v) is 4.52. The minimum absolute atomic E-state index is 0.327. The molecule has 0 aromatic heterocycles. The van der Waals surface area contributed by atoms with Gasteiger partial charge in [-0.1, -0.05) is 12.8 Å². The summed E-state index contributed by atoms with van der Waals surface area (Å²) in [7, 11) is 1.61. The van der Waals surface area contributed by atoms with E-state index in [1.807, 2.05) is 0 Å². The lowest BCUT2D eigenvalue weighted by Gasteiger charge is -2.41. The molecule has 2 heteroatoms. The normalized spacial score (nSPS) is 37.8. The van der Waals surface area contributed by atoms with E-state index in [1.54, 1.807) is 7.11 Å². The Morgan fingerprint density at radius 1 is 1.31 bits per heavy atom. The standard InChI is InChI=1S/C11H18O2/c1-13-7-11(12)10-6-8-2-4-9(10)5-3-8/h8-10H,2-7H2,1H3. The van der Waals surface area contributed by atoms with Crippen LogP contribution < -0.4 is 0 Å². The Kier molecular flexibility index (Phi) is 2.68. The van der Waals surface area contributed by atoms with E-state index in [4.69, 9.17) is 4.74 Å². The maximum absolute atomic E-state index is 11.7. The van der Waals surface area contributed by atoms with E-state index in [9.17, 15) is 4.79 Å². The summed E-state index contributed by atoms with van der Waals surface area (Å²) in [6.45, 7) is 0.327. The Balaban J connectivity index is 1.96. The van der Waals surface area contributed by atoms with Gasteiger partial charge in [0.05, 0.1) is 0 Å². The lowest BCUT2D eigenvalue weighted by atomic mass is 9.63. The maximum Gasteiger partial charge on any atom is 0.161 e. The molecule has 0 heterocycles. The molecule has 0 aromatic carbocycles. The molecule has 74 valence electrons. The molecule has 0 aliphatic heterocycles. The van der Waals surface area contributed by atoms with Crippen molar-refractivity contribution in [3.63, 3.8) is 0 Å². The van der Waals surface area contributed by atoms with Gasteiger partial charge in [0.25, 0.3) is 0 Å². The first-order valence-electron chi connectivity index (χ1n) is 5.33. The van der Waals surface area contributed by atoms with Crippen molar-refractivity contribution < 1.29 is 9.53 Å². The summed E-state index contributed by atoms with van der Waals surface area (Å²) in [5, 5.41) is 0. The number of carbonyl (C=O) groups is 1. The van der Waals surface area contributed by atoms with E-state index >= 15 is 0 Å². The highest BCUT2D eigenvalue weighted by atomic mass is 16.5. The van der Waals surface area contributed by atoms with E-state index < -0.39 is 0 Å². The molecule has 0 saturated heterocycles. The SMILES string of the molecule is COCC(=O)C1CC2CCC1CC2. The summed E-state index contributed by atoms with van der Waals surface area (Å²) in [6, 6.07) is 0. The zero-order chi connectivity index (χ0) is 9.26. The molecular weight excluding hydrogens is 164 g/mol. The lowest BCUT2D eigenvalue weighted by molar-refractivity contribution is -0.131. The molecule has 3 fully saturated rings. The van der Waals surface area contributed by atoms with Gasteiger partial charge in [-0.2, -0.15) is 0 Å². The van der Waals surface area contributed by atoms with Gasteiger partial charge in [-0.05, 0) is 31.1 Å². The average molecular weight is 182 g/mol. The van der Waals surface area contributed by atoms with Crippen LogP contribution in [-0.2, 0) is 9.53 Å². The highest BCUT2D eigenvalue weighted by Gasteiger charge is 2.38. The largest absolute Gasteiger partial charge is 0.377 e. The quantitative estimate of drug-likeness (QED) is 0.667. The highest BCUT2D eigenvalue weighted by Crippen LogP contribution is 2.45. The molecule has 0 radical (unpaired) electrons. The molecule has 3 rings (SSSR count). The first-order valence-corrected chi connectivity index (χ1v) is 5.33. The van der Waals surface area contributed by atoms with Crippen LogP contribution >= 0.6 is 0 Å². The molecule has 3 saturated carbocycles. The summed E-state index contributed by atoms with van der Waals surface area (Å²) in [6.07, 6.45) is 6.44. The van der Waals surface area contributed by atoms with Crippen molar-refractivity contribution >= 4 is 5.78 Å². The molecule has 0 amide bonds. The topological polar surface area (TPSA) is 26.3 Å². The Morgan fingerprint density at radius 2 is 2.00 bits per heavy atom. The van der Waals surface area contributed by atoms with Crippen LogP contribution in [0.4, 0.5) is 0 Å². The summed E-state index contributed by atoms with van der Waals surface area (Å²) in [5.41, 5.74) is 0. The van der Waals surface area contributed by atoms with Crippen LogP contribution in [0.3, 0.4) is 0 Å². The molecule has 1 unspecified atom stereocenters. The first kappa shape index (κ1) is 9.20. The number of ketones is 1. The van der Waals surface area contributed by atoms with E-state index in [0.717, 1.165) is 12.3 Å². The van der Waals surface area contributed by atoms with Crippen LogP contribution in [0.2, 0.25) is 0 Å². The summed E-state index contributed by atoms with van der Waals surface area (Å²) < 4.78 is 4.91. The molecule has 0 spiro atoms. The number of ether oxygens (including phenoxy) is 1. The number of Topliss-reactive ketones (excluding diaryl/α,β-unsaturated/α-hetero) is 1. The monoisotopic (exact) mass is 182 g/mol. The minimum atomic E-state index is 0.327. The second kappa shape index (κ2) is 3.79. The molecule has 2 bridgehead atoms. The number of methoxy groups -OCH3 is 1. The van der Waals surface area contributed by atoms with Crippen LogP contribution in [0.15, 0.2) is 0 Å². The molecule has 1 atom stereocenters. The number of hydrogen-bond acceptors (Lipinski definition) is 2. The smallest absolute Gasteiger partial charge is 0.161 e. The Labute approximate surface area is 79.7 Å². The van der Waals surface area contributed by atoms with Crippen molar-refractivity contribution in [2.24, 2.45) is 17.8 Å². The maximum atomic E-state index is 11.7. The minimum Gasteiger partial charge on any atom is -0.377 e. The summed E-state index contributed by atoms with van der Waals surface area (Å²) in [5.74, 6) is 2.22. The van der Waals surface area contributed by atoms with E-state index in [1.165, 1.54) is 25.7 Å². The van der Waals surface area contributed by atoms with Gasteiger partial charge >= 0.3 is 0 Å². The van der Waals surface area contributed by atoms with Gasteiger partial charge in [0, 0.05) is 13.0 Å². The van der Waals surface area contributed by atoms with Crippen molar-refractivity contribution in [2.45, 2.75) is 32.1 Å². The summed E-state index contributed by atoms with van der Waals surface area (Å²) in [4.78, 5) is 11.7. The fraction of sp³-hybridized carbons (Fsp3) is 0.909. The van der Waals surface area contributed by atoms with E-state index in [0.29, 0.717) is 24.2 Å². The average Bonchev–Trinajstić information content (AvgIpc) is 2.20. The van der Waals surface area contributed by atoms with Gasteiger partial charge in [-0.3, -0.25) is 4.79 Å². The van der Waals surface area contributed by atoms with Crippen molar-refractivity contribution in [2.75, 3.05) is 13.7 Å². The van der Waals surface area contributed by atoms with E-state index in [-0.39, 0.29) is 0 Å². The highest BCUT2D eigenvalue weighted by molar-refractivity contribution is 5.82. The van der Waals surface area contributed by atoms with Crippen molar-refractivity contribution in [1.29, 1.82) is 0 Å². The van der Waals surface area contributed by atoms with Crippen molar-refractivity contribution in [3.8, 4) is 0 Å². The molecule has 3 aliphatic carbocycles. The second-order valence-electron chi connectivity index (χ2n) is 4.52. The first-order chi connectivity index (χ1) is 6.31. The van der Waals surface area contributed by atoms with Crippen molar-refractivity contribution in [3.05, 3.63) is 0 Å². The Morgan fingerprint density at radius 3 is 2.46 bits per heavy atom. The van der Waals surface area contributed by atoms with Crippen LogP contribution in [0.25, 0.3) is 0 Å². The number of carbonyl (C=O) groups excluding carboxylic acids is 1. The molecular formula is C11H18O2. The van der Waals surface area contributed by atoms with Gasteiger partial charge < -0.3 is 4.74 Å². The summed E-state index contributed by atoms with van der Waals surface area (Å²) >= 11 is 0. The predicted octanol–water partition coefficient (Wildman–Crippen LogP) is 2.03. The van der Waals surface area contributed by atoms with Gasteiger partial charge in [0.15, 0.2) is 5.78 Å². The Hall–Kier alpha value is -0.370. The zero-order valence-corrected chi connectivity index (χ0v) is 8.29. The van der Waals surface area contributed by atoms with Gasteiger partial charge in [0.2, 0.25) is 0 Å². The third kappa shape index (κ3) is 1.78. The van der Waals surface area contributed by atoms with Crippen LogP contribution in [-0.4, -0.2) is 19.5 Å². The molecule has 13 heavy (non-hydrogen) atoms. The van der Waals surface area contributed by atoms with Gasteiger partial charge in [-0.15, -0.1) is 0 Å². The predicted molar refractivity (Wildman–Crippen MR) is 50.4 cm³/mol. The van der Waals surface area contributed by atoms with Gasteiger partial charge in [0.1, 0.15) is 6.61 Å². The molecule has 2 nitrogen and oxygen atoms in total. The van der Waals surface area contributed by atoms with Crippen LogP contribution in [0.1, 0.15) is 32.1 Å². The lowest BCUT2D eigenvalue weighted by Crippen LogP contribution is -2.37. The molecule has 3 aliphatic rings. The number of rotatable bonds is 3. The van der Waals surface area contributed by atoms with Crippen LogP contribution in [0.5, 0.6) is 0 Å². The van der Waals surface area contributed by atoms with Crippen LogP contribution in [0, 0.1) is 17.8 Å². The zero-order valence-electron chi connectivity index (χ0n) is 8.29. The molecule has 0 aromatic rings. The van der Waals surface area contributed by atoms with E-state index in [2.05, 4.69) is 0 Å². The molecule has 0 N–H and O–H groups in total.